The number of anilines is 6. The molecular weight excluding hydrogens is 1010 g/mol. The van der Waals surface area contributed by atoms with E-state index >= 15 is 0 Å². The van der Waals surface area contributed by atoms with E-state index in [0.717, 1.165) is 67.3 Å². The molecule has 2 fully saturated rings. The lowest BCUT2D eigenvalue weighted by Crippen LogP contribution is -2.87. The summed E-state index contributed by atoms with van der Waals surface area (Å²) < 4.78 is 15.1. The third-order valence-electron chi connectivity index (χ3n) is 17.8. The minimum atomic E-state index is -1.13. The quantitative estimate of drug-likeness (QED) is 0.129. The van der Waals surface area contributed by atoms with Crippen LogP contribution in [0.2, 0.25) is 0 Å². The van der Waals surface area contributed by atoms with Crippen molar-refractivity contribution >= 4 is 104 Å². The molecule has 10 aromatic carbocycles. The van der Waals surface area contributed by atoms with E-state index < -0.39 is 21.2 Å². The van der Waals surface area contributed by atoms with Crippen molar-refractivity contribution in [1.82, 2.24) is 0 Å². The predicted octanol–water partition coefficient (Wildman–Crippen LogP) is 11.4. The molecule has 0 amide bonds. The molecule has 0 saturated carbocycles. The lowest BCUT2D eigenvalue weighted by atomic mass is 9.35. The van der Waals surface area contributed by atoms with E-state index in [-0.39, 0.29) is 20.9 Å². The summed E-state index contributed by atoms with van der Waals surface area (Å²) in [6.07, 6.45) is 0. The van der Waals surface area contributed by atoms with Crippen molar-refractivity contribution in [3.05, 3.63) is 292 Å². The SMILES string of the molecule is Cc1cccc(C)c1B1N(c2ccccc2)B(O)N(c2ccc(N3B(c4c(C)cccc4C)N(c4ccccc4)B(c4c(C)cccc4C)N(c4ccccc4)B3c3c(C)cccc3C)cc2)B(c2c(C)cccc2C)N1c1ccccc1. The minimum absolute atomic E-state index is 0.274. The zero-order valence-electron chi connectivity index (χ0n) is 49.6. The van der Waals surface area contributed by atoms with Gasteiger partial charge in [-0.25, -0.2) is 0 Å². The van der Waals surface area contributed by atoms with Gasteiger partial charge in [-0.15, -0.1) is 0 Å². The largest absolute Gasteiger partial charge is 0.522 e. The van der Waals surface area contributed by atoms with E-state index in [1.165, 1.54) is 49.8 Å². The average Bonchev–Trinajstić information content (AvgIpc) is 1.06. The van der Waals surface area contributed by atoms with Crippen LogP contribution in [0.5, 0.6) is 0 Å². The fourth-order valence-electron chi connectivity index (χ4n) is 14.0. The Labute approximate surface area is 495 Å². The van der Waals surface area contributed by atoms with Gasteiger partial charge in [0.2, 0.25) is 0 Å². The van der Waals surface area contributed by atoms with Crippen LogP contribution in [0.15, 0.2) is 237 Å². The van der Waals surface area contributed by atoms with Gasteiger partial charge in [-0.3, -0.25) is 0 Å². The maximum Gasteiger partial charge on any atom is 0.522 e. The second-order valence-corrected chi connectivity index (χ2v) is 23.0. The first-order valence-corrected chi connectivity index (χ1v) is 29.3. The van der Waals surface area contributed by atoms with Crippen LogP contribution in [-0.2, 0) is 0 Å². The third-order valence-corrected chi connectivity index (χ3v) is 17.8. The van der Waals surface area contributed by atoms with Gasteiger partial charge < -0.3 is 33.4 Å². The molecule has 0 bridgehead atoms. The Morgan fingerprint density at radius 1 is 0.193 bits per heavy atom. The van der Waals surface area contributed by atoms with Crippen LogP contribution >= 0.6 is 0 Å². The summed E-state index contributed by atoms with van der Waals surface area (Å²) in [5, 5.41) is 14.0. The number of hydrogen-bond donors (Lipinski definition) is 1. The third kappa shape index (κ3) is 9.78. The average molecular weight is 1080 g/mol. The van der Waals surface area contributed by atoms with Gasteiger partial charge in [-0.2, -0.15) is 0 Å². The maximum atomic E-state index is 14.0. The number of para-hydroxylation sites is 4. The molecule has 10 aromatic rings. The number of benzene rings is 10. The summed E-state index contributed by atoms with van der Waals surface area (Å²) >= 11 is 0. The van der Waals surface area contributed by atoms with Crippen LogP contribution in [-0.4, -0.2) is 47.1 Å². The molecule has 404 valence electrons. The van der Waals surface area contributed by atoms with Crippen LogP contribution in [0.4, 0.5) is 34.1 Å². The van der Waals surface area contributed by atoms with E-state index in [4.69, 9.17) is 0 Å². The molecule has 83 heavy (non-hydrogen) atoms. The molecule has 1 N–H and O–H groups in total. The van der Waals surface area contributed by atoms with Crippen molar-refractivity contribution in [1.29, 1.82) is 0 Å². The van der Waals surface area contributed by atoms with Gasteiger partial charge in [-0.1, -0.05) is 219 Å². The summed E-state index contributed by atoms with van der Waals surface area (Å²) in [5.74, 6) is 0. The van der Waals surface area contributed by atoms with Crippen LogP contribution in [0.25, 0.3) is 0 Å². The van der Waals surface area contributed by atoms with Crippen LogP contribution < -0.4 is 55.6 Å². The molecule has 0 spiro atoms. The van der Waals surface area contributed by atoms with E-state index in [2.05, 4.69) is 334 Å². The zero-order valence-corrected chi connectivity index (χ0v) is 49.6. The summed E-state index contributed by atoms with van der Waals surface area (Å²) in [7, 11) is -1.13. The molecule has 12 rings (SSSR count). The second kappa shape index (κ2) is 22.9. The Morgan fingerprint density at radius 3 is 0.554 bits per heavy atom. The molecule has 2 aliphatic heterocycles. The first-order valence-electron chi connectivity index (χ1n) is 29.3. The van der Waals surface area contributed by atoms with Gasteiger partial charge >= 0.3 is 42.1 Å². The number of aryl methyl sites for hydroxylation is 10. The molecule has 13 heteroatoms. The fraction of sp³-hybridized carbons (Fsp3) is 0.143. The van der Waals surface area contributed by atoms with Gasteiger partial charge in [0.1, 0.15) is 0 Å². The highest BCUT2D eigenvalue weighted by Crippen LogP contribution is 2.39. The Bertz CT molecular complexity index is 3730. The molecule has 0 unspecified atom stereocenters. The van der Waals surface area contributed by atoms with Gasteiger partial charge in [0.05, 0.1) is 0 Å². The Balaban J connectivity index is 1.16. The van der Waals surface area contributed by atoms with E-state index in [1.54, 1.807) is 0 Å². The fourth-order valence-corrected chi connectivity index (χ4v) is 14.0. The van der Waals surface area contributed by atoms with Crippen molar-refractivity contribution in [2.24, 2.45) is 0 Å². The molecule has 0 atom stereocenters. The molecule has 7 nitrogen and oxygen atoms in total. The minimum Gasteiger partial charge on any atom is -0.416 e. The van der Waals surface area contributed by atoms with Crippen molar-refractivity contribution in [3.63, 3.8) is 0 Å². The highest BCUT2D eigenvalue weighted by Gasteiger charge is 2.59. The first kappa shape index (κ1) is 54.9. The first-order chi connectivity index (χ1) is 40.3. The Hall–Kier alpha value is -8.65. The van der Waals surface area contributed by atoms with Crippen LogP contribution in [0, 0.1) is 69.2 Å². The molecule has 2 heterocycles. The van der Waals surface area contributed by atoms with Crippen molar-refractivity contribution in [2.45, 2.75) is 69.2 Å². The monoisotopic (exact) mass is 1080 g/mol. The summed E-state index contributed by atoms with van der Waals surface area (Å²) in [6.45, 7) is 20.7. The molecule has 0 aliphatic carbocycles. The Morgan fingerprint density at radius 2 is 0.349 bits per heavy atom. The maximum absolute atomic E-state index is 14.0. The molecule has 0 radical (unpaired) electrons. The standard InChI is InChI=1S/C70H70B6N6O/c1-50-28-23-29-51(2)66(50)71-77(60-38-15-11-16-39-60)72(67-52(3)30-24-31-53(67)4)80(73(68-54(5)32-25-33-55(68)6)78(71)61-40-17-12-18-41-61)64-46-48-65(49-47-64)82-75(70-58(9)36-27-37-59(70)10)79(62-42-19-13-20-43-62)74(69-56(7)34-26-35-57(69)8)81(76(82)83)63-44-21-14-22-45-63/h11-49,83H,1-10H3. The van der Waals surface area contributed by atoms with Gasteiger partial charge in [0, 0.05) is 34.1 Å². The van der Waals surface area contributed by atoms with Gasteiger partial charge in [0.25, 0.3) is 0 Å². The Kier molecular flexibility index (Phi) is 15.2. The lowest BCUT2D eigenvalue weighted by molar-refractivity contribution is 0.572. The van der Waals surface area contributed by atoms with Crippen molar-refractivity contribution < 1.29 is 5.02 Å². The van der Waals surface area contributed by atoms with E-state index in [9.17, 15) is 5.02 Å². The van der Waals surface area contributed by atoms with Crippen LogP contribution in [0.1, 0.15) is 55.6 Å². The van der Waals surface area contributed by atoms with E-state index in [0.29, 0.717) is 0 Å². The summed E-state index contributed by atoms with van der Waals surface area (Å²) in [6, 6.07) is 86.1. The number of rotatable bonds is 11. The molecular formula is C70H70B6N6O. The summed E-state index contributed by atoms with van der Waals surface area (Å²) in [5.41, 5.74) is 24.2. The molecule has 2 saturated heterocycles. The highest BCUT2D eigenvalue weighted by atomic mass is 16.2. The van der Waals surface area contributed by atoms with Crippen molar-refractivity contribution in [3.8, 4) is 0 Å². The molecule has 0 aromatic heterocycles. The summed E-state index contributed by atoms with van der Waals surface area (Å²) in [4.78, 5) is 0. The topological polar surface area (TPSA) is 39.7 Å². The normalized spacial score (nSPS) is 13.9. The van der Waals surface area contributed by atoms with Gasteiger partial charge in [0.15, 0.2) is 0 Å². The number of hydrogen-bond acceptors (Lipinski definition) is 7. The van der Waals surface area contributed by atoms with E-state index in [1.807, 2.05) is 0 Å². The van der Waals surface area contributed by atoms with Gasteiger partial charge in [-0.05, 0) is 169 Å². The second-order valence-electron chi connectivity index (χ2n) is 23.0. The predicted molar refractivity (Wildman–Crippen MR) is 362 cm³/mol. The highest BCUT2D eigenvalue weighted by molar-refractivity contribution is 7.15. The molecule has 2 aliphatic rings. The smallest absolute Gasteiger partial charge is 0.416 e. The van der Waals surface area contributed by atoms with Crippen molar-refractivity contribution in [2.75, 3.05) is 28.3 Å². The lowest BCUT2D eigenvalue weighted by Gasteiger charge is -2.58. The van der Waals surface area contributed by atoms with Crippen LogP contribution in [0.3, 0.4) is 0 Å². The zero-order chi connectivity index (χ0) is 57.6. The number of nitrogens with zero attached hydrogens (tertiary/aromatic N) is 6.